The van der Waals surface area contributed by atoms with E-state index in [0.29, 0.717) is 6.04 Å². The maximum Gasteiger partial charge on any atom is 0.0537 e. The molecule has 3 nitrogen and oxygen atoms in total. The lowest BCUT2D eigenvalue weighted by molar-refractivity contribution is 0.509. The van der Waals surface area contributed by atoms with Crippen molar-refractivity contribution in [1.29, 1.82) is 0 Å². The Morgan fingerprint density at radius 3 is 2.67 bits per heavy atom. The molecule has 0 aliphatic carbocycles. The molecular weight excluding hydrogens is 186 g/mol. The Morgan fingerprint density at radius 1 is 1.40 bits per heavy atom. The van der Waals surface area contributed by atoms with E-state index in [1.54, 1.807) is 0 Å². The van der Waals surface area contributed by atoms with Crippen molar-refractivity contribution >= 4 is 0 Å². The van der Waals surface area contributed by atoms with Gasteiger partial charge in [-0.05, 0) is 33.2 Å². The van der Waals surface area contributed by atoms with Gasteiger partial charge < -0.3 is 5.32 Å². The fraction of sp³-hybridized carbons (Fsp3) is 0.750. The van der Waals surface area contributed by atoms with Crippen molar-refractivity contribution in [2.45, 2.75) is 53.1 Å². The standard InChI is InChI=1S/C12H23N3/c1-5-7-13-8-11-9-14-15(10(3)4)12(11)6-2/h9-10,13H,5-8H2,1-4H3. The highest BCUT2D eigenvalue weighted by molar-refractivity contribution is 5.18. The molecule has 0 atom stereocenters. The quantitative estimate of drug-likeness (QED) is 0.730. The minimum absolute atomic E-state index is 0.458. The van der Waals surface area contributed by atoms with Gasteiger partial charge in [-0.1, -0.05) is 13.8 Å². The number of rotatable bonds is 6. The van der Waals surface area contributed by atoms with Crippen molar-refractivity contribution in [1.82, 2.24) is 15.1 Å². The van der Waals surface area contributed by atoms with Gasteiger partial charge in [-0.25, -0.2) is 0 Å². The van der Waals surface area contributed by atoms with Crippen molar-refractivity contribution in [2.75, 3.05) is 6.54 Å². The predicted molar refractivity (Wildman–Crippen MR) is 64.0 cm³/mol. The van der Waals surface area contributed by atoms with E-state index in [0.717, 1.165) is 19.5 Å². The Bertz CT molecular complexity index is 289. The zero-order chi connectivity index (χ0) is 11.3. The molecule has 0 saturated heterocycles. The van der Waals surface area contributed by atoms with Crippen LogP contribution in [0.3, 0.4) is 0 Å². The minimum atomic E-state index is 0.458. The van der Waals surface area contributed by atoms with E-state index in [1.807, 2.05) is 6.20 Å². The average molecular weight is 209 g/mol. The minimum Gasteiger partial charge on any atom is -0.313 e. The largest absolute Gasteiger partial charge is 0.313 e. The third-order valence-corrected chi connectivity index (χ3v) is 2.55. The van der Waals surface area contributed by atoms with E-state index in [-0.39, 0.29) is 0 Å². The van der Waals surface area contributed by atoms with Crippen LogP contribution in [0.5, 0.6) is 0 Å². The van der Waals surface area contributed by atoms with E-state index >= 15 is 0 Å². The Kier molecular flexibility index (Phi) is 4.82. The second-order valence-electron chi connectivity index (χ2n) is 4.19. The number of nitrogens with zero attached hydrogens (tertiary/aromatic N) is 2. The summed E-state index contributed by atoms with van der Waals surface area (Å²) < 4.78 is 2.13. The lowest BCUT2D eigenvalue weighted by Gasteiger charge is -2.11. The molecule has 0 aromatic carbocycles. The predicted octanol–water partition coefficient (Wildman–Crippen LogP) is 2.53. The number of aromatic nitrogens is 2. The molecule has 0 bridgehead atoms. The average Bonchev–Trinajstić information content (AvgIpc) is 2.61. The molecule has 0 radical (unpaired) electrons. The van der Waals surface area contributed by atoms with Crippen molar-refractivity contribution < 1.29 is 0 Å². The topological polar surface area (TPSA) is 29.9 Å². The van der Waals surface area contributed by atoms with Gasteiger partial charge in [-0.15, -0.1) is 0 Å². The van der Waals surface area contributed by atoms with Crippen molar-refractivity contribution in [3.05, 3.63) is 17.5 Å². The van der Waals surface area contributed by atoms with E-state index in [4.69, 9.17) is 0 Å². The lowest BCUT2D eigenvalue weighted by Crippen LogP contribution is -2.15. The summed E-state index contributed by atoms with van der Waals surface area (Å²) in [5.74, 6) is 0. The van der Waals surface area contributed by atoms with Gasteiger partial charge in [-0.2, -0.15) is 5.10 Å². The van der Waals surface area contributed by atoms with Gasteiger partial charge in [0.05, 0.1) is 6.20 Å². The first-order valence-corrected chi connectivity index (χ1v) is 5.96. The van der Waals surface area contributed by atoms with Crippen molar-refractivity contribution in [3.8, 4) is 0 Å². The third-order valence-electron chi connectivity index (χ3n) is 2.55. The summed E-state index contributed by atoms with van der Waals surface area (Å²) in [5.41, 5.74) is 2.72. The van der Waals surface area contributed by atoms with Gasteiger partial charge in [-0.3, -0.25) is 4.68 Å². The molecule has 1 aromatic heterocycles. The van der Waals surface area contributed by atoms with Crippen LogP contribution in [0.25, 0.3) is 0 Å². The summed E-state index contributed by atoms with van der Waals surface area (Å²) >= 11 is 0. The van der Waals surface area contributed by atoms with Crippen molar-refractivity contribution in [3.63, 3.8) is 0 Å². The van der Waals surface area contributed by atoms with Gasteiger partial charge in [0.25, 0.3) is 0 Å². The maximum absolute atomic E-state index is 4.44. The summed E-state index contributed by atoms with van der Waals surface area (Å²) in [6.07, 6.45) is 4.24. The number of nitrogens with one attached hydrogen (secondary N) is 1. The summed E-state index contributed by atoms with van der Waals surface area (Å²) in [4.78, 5) is 0. The molecule has 15 heavy (non-hydrogen) atoms. The first-order chi connectivity index (χ1) is 7.20. The molecule has 1 rings (SSSR count). The van der Waals surface area contributed by atoms with E-state index in [1.165, 1.54) is 17.7 Å². The molecule has 0 amide bonds. The molecule has 3 heteroatoms. The first kappa shape index (κ1) is 12.2. The van der Waals surface area contributed by atoms with Crippen LogP contribution in [0.4, 0.5) is 0 Å². The summed E-state index contributed by atoms with van der Waals surface area (Å²) in [5, 5.41) is 7.87. The van der Waals surface area contributed by atoms with Gasteiger partial charge >= 0.3 is 0 Å². The molecule has 86 valence electrons. The van der Waals surface area contributed by atoms with Crippen molar-refractivity contribution in [2.24, 2.45) is 0 Å². The van der Waals surface area contributed by atoms with E-state index in [2.05, 4.69) is 42.8 Å². The molecule has 1 aromatic rings. The van der Waals surface area contributed by atoms with Crippen LogP contribution in [0.2, 0.25) is 0 Å². The highest BCUT2D eigenvalue weighted by Gasteiger charge is 2.10. The monoisotopic (exact) mass is 209 g/mol. The van der Waals surface area contributed by atoms with Gasteiger partial charge in [0.2, 0.25) is 0 Å². The van der Waals surface area contributed by atoms with Crippen LogP contribution in [0, 0.1) is 0 Å². The summed E-state index contributed by atoms with van der Waals surface area (Å²) in [7, 11) is 0. The Balaban J connectivity index is 2.71. The highest BCUT2D eigenvalue weighted by atomic mass is 15.3. The van der Waals surface area contributed by atoms with Crippen LogP contribution >= 0.6 is 0 Å². The van der Waals surface area contributed by atoms with Gasteiger partial charge in [0, 0.05) is 23.8 Å². The van der Waals surface area contributed by atoms with Gasteiger partial charge in [0.1, 0.15) is 0 Å². The Morgan fingerprint density at radius 2 is 2.13 bits per heavy atom. The Labute approximate surface area is 92.9 Å². The molecule has 0 saturated carbocycles. The molecule has 0 unspecified atom stereocenters. The number of hydrogen-bond donors (Lipinski definition) is 1. The zero-order valence-electron chi connectivity index (χ0n) is 10.4. The first-order valence-electron chi connectivity index (χ1n) is 5.96. The zero-order valence-corrected chi connectivity index (χ0v) is 10.4. The van der Waals surface area contributed by atoms with E-state index in [9.17, 15) is 0 Å². The lowest BCUT2D eigenvalue weighted by atomic mass is 10.2. The fourth-order valence-corrected chi connectivity index (χ4v) is 1.80. The maximum atomic E-state index is 4.44. The third kappa shape index (κ3) is 3.06. The van der Waals surface area contributed by atoms with Crippen LogP contribution in [-0.2, 0) is 13.0 Å². The number of hydrogen-bond acceptors (Lipinski definition) is 2. The molecule has 0 spiro atoms. The molecular formula is C12H23N3. The molecule has 1 N–H and O–H groups in total. The second-order valence-corrected chi connectivity index (χ2v) is 4.19. The Hall–Kier alpha value is -0.830. The van der Waals surface area contributed by atoms with Crippen LogP contribution in [0.1, 0.15) is 51.4 Å². The summed E-state index contributed by atoms with van der Waals surface area (Å²) in [6.45, 7) is 10.8. The van der Waals surface area contributed by atoms with Crippen LogP contribution in [-0.4, -0.2) is 16.3 Å². The van der Waals surface area contributed by atoms with Crippen LogP contribution in [0.15, 0.2) is 6.20 Å². The smallest absolute Gasteiger partial charge is 0.0537 e. The highest BCUT2D eigenvalue weighted by Crippen LogP contribution is 2.14. The molecule has 0 aliphatic rings. The van der Waals surface area contributed by atoms with Crippen LogP contribution < -0.4 is 5.32 Å². The normalized spacial score (nSPS) is 11.3. The van der Waals surface area contributed by atoms with E-state index < -0.39 is 0 Å². The second kappa shape index (κ2) is 5.91. The molecule has 0 fully saturated rings. The SMILES string of the molecule is CCCNCc1cnn(C(C)C)c1CC. The summed E-state index contributed by atoms with van der Waals surface area (Å²) in [6, 6.07) is 0.458. The molecule has 0 aliphatic heterocycles. The molecule has 1 heterocycles. The fourth-order valence-electron chi connectivity index (χ4n) is 1.80. The van der Waals surface area contributed by atoms with Gasteiger partial charge in [0.15, 0.2) is 0 Å².